The third kappa shape index (κ3) is 2.10. The second-order valence-corrected chi connectivity index (χ2v) is 5.95. The molecule has 2 saturated heterocycles. The first-order valence-corrected chi connectivity index (χ1v) is 6.98. The van der Waals surface area contributed by atoms with Gasteiger partial charge in [-0.1, -0.05) is 18.2 Å². The number of hydrogen-bond acceptors (Lipinski definition) is 2. The summed E-state index contributed by atoms with van der Waals surface area (Å²) in [5.41, 5.74) is 3.75. The SMILES string of the molecule is Cc1ccc(CC(=O)C2CC3CCC2N3)cc1C. The van der Waals surface area contributed by atoms with Crippen LogP contribution in [0.4, 0.5) is 0 Å². The van der Waals surface area contributed by atoms with Gasteiger partial charge in [-0.3, -0.25) is 4.79 Å². The molecule has 2 heterocycles. The fourth-order valence-electron chi connectivity index (χ4n) is 3.43. The van der Waals surface area contributed by atoms with E-state index in [1.165, 1.54) is 29.5 Å². The first-order valence-electron chi connectivity index (χ1n) is 6.98. The van der Waals surface area contributed by atoms with E-state index in [1.54, 1.807) is 0 Å². The molecule has 0 aliphatic carbocycles. The van der Waals surface area contributed by atoms with Crippen LogP contribution in [0.2, 0.25) is 0 Å². The van der Waals surface area contributed by atoms with Gasteiger partial charge in [0.25, 0.3) is 0 Å². The highest BCUT2D eigenvalue weighted by Crippen LogP contribution is 2.34. The highest BCUT2D eigenvalue weighted by Gasteiger charge is 2.42. The Hall–Kier alpha value is -1.15. The number of nitrogens with one attached hydrogen (secondary N) is 1. The van der Waals surface area contributed by atoms with E-state index in [4.69, 9.17) is 0 Å². The van der Waals surface area contributed by atoms with Gasteiger partial charge in [-0.2, -0.15) is 0 Å². The Morgan fingerprint density at radius 3 is 2.72 bits per heavy atom. The van der Waals surface area contributed by atoms with E-state index < -0.39 is 0 Å². The molecule has 96 valence electrons. The average Bonchev–Trinajstić information content (AvgIpc) is 2.96. The number of hydrogen-bond donors (Lipinski definition) is 1. The minimum absolute atomic E-state index is 0.269. The molecule has 1 N–H and O–H groups in total. The fourth-order valence-corrected chi connectivity index (χ4v) is 3.43. The smallest absolute Gasteiger partial charge is 0.141 e. The Morgan fingerprint density at radius 2 is 2.11 bits per heavy atom. The summed E-state index contributed by atoms with van der Waals surface area (Å²) < 4.78 is 0. The minimum Gasteiger partial charge on any atom is -0.310 e. The molecule has 2 nitrogen and oxygen atoms in total. The molecular weight excluding hydrogens is 222 g/mol. The summed E-state index contributed by atoms with van der Waals surface area (Å²) >= 11 is 0. The molecule has 2 aliphatic rings. The van der Waals surface area contributed by atoms with Crippen LogP contribution in [-0.4, -0.2) is 17.9 Å². The quantitative estimate of drug-likeness (QED) is 0.884. The van der Waals surface area contributed by atoms with E-state index >= 15 is 0 Å². The summed E-state index contributed by atoms with van der Waals surface area (Å²) in [6.45, 7) is 4.23. The van der Waals surface area contributed by atoms with Gasteiger partial charge in [0.05, 0.1) is 0 Å². The van der Waals surface area contributed by atoms with E-state index in [1.807, 2.05) is 0 Å². The van der Waals surface area contributed by atoms with Crippen LogP contribution in [0.3, 0.4) is 0 Å². The number of aryl methyl sites for hydroxylation is 2. The second-order valence-electron chi connectivity index (χ2n) is 5.95. The maximum atomic E-state index is 12.4. The number of carbonyl (C=O) groups excluding carboxylic acids is 1. The molecule has 1 aromatic rings. The van der Waals surface area contributed by atoms with Crippen molar-refractivity contribution in [3.8, 4) is 0 Å². The molecule has 2 bridgehead atoms. The Morgan fingerprint density at radius 1 is 1.28 bits per heavy atom. The van der Waals surface area contributed by atoms with Crippen LogP contribution in [-0.2, 0) is 11.2 Å². The van der Waals surface area contributed by atoms with Gasteiger partial charge < -0.3 is 5.32 Å². The standard InChI is InChI=1S/C16H21NO/c1-10-3-4-12(7-11(10)2)8-16(18)14-9-13-5-6-15(14)17-13/h3-4,7,13-15,17H,5-6,8-9H2,1-2H3. The van der Waals surface area contributed by atoms with Gasteiger partial charge in [0.1, 0.15) is 5.78 Å². The zero-order valence-electron chi connectivity index (χ0n) is 11.2. The van der Waals surface area contributed by atoms with Crippen molar-refractivity contribution in [1.29, 1.82) is 0 Å². The molecule has 0 saturated carbocycles. The lowest BCUT2D eigenvalue weighted by Crippen LogP contribution is -2.29. The predicted octanol–water partition coefficient (Wildman–Crippen LogP) is 2.56. The van der Waals surface area contributed by atoms with Crippen molar-refractivity contribution < 1.29 is 4.79 Å². The summed E-state index contributed by atoms with van der Waals surface area (Å²) in [6.07, 6.45) is 4.12. The van der Waals surface area contributed by atoms with E-state index in [0.717, 1.165) is 6.42 Å². The van der Waals surface area contributed by atoms with Crippen LogP contribution < -0.4 is 5.32 Å². The second kappa shape index (κ2) is 4.51. The maximum absolute atomic E-state index is 12.4. The molecule has 3 atom stereocenters. The highest BCUT2D eigenvalue weighted by atomic mass is 16.1. The highest BCUT2D eigenvalue weighted by molar-refractivity contribution is 5.84. The van der Waals surface area contributed by atoms with Gasteiger partial charge in [-0.15, -0.1) is 0 Å². The largest absolute Gasteiger partial charge is 0.310 e. The minimum atomic E-state index is 0.269. The van der Waals surface area contributed by atoms with Crippen LogP contribution in [0.1, 0.15) is 36.0 Å². The van der Waals surface area contributed by atoms with Crippen LogP contribution in [0, 0.1) is 19.8 Å². The third-order valence-electron chi connectivity index (χ3n) is 4.66. The summed E-state index contributed by atoms with van der Waals surface area (Å²) in [4.78, 5) is 12.4. The predicted molar refractivity (Wildman–Crippen MR) is 72.7 cm³/mol. The lowest BCUT2D eigenvalue weighted by molar-refractivity contribution is -0.122. The number of ketones is 1. The summed E-state index contributed by atoms with van der Waals surface area (Å²) in [6, 6.07) is 7.46. The zero-order chi connectivity index (χ0) is 12.7. The van der Waals surface area contributed by atoms with Crippen molar-refractivity contribution in [3.63, 3.8) is 0 Å². The van der Waals surface area contributed by atoms with Crippen molar-refractivity contribution in [3.05, 3.63) is 34.9 Å². The number of benzene rings is 1. The molecule has 0 radical (unpaired) electrons. The number of carbonyl (C=O) groups is 1. The van der Waals surface area contributed by atoms with Crippen LogP contribution in [0.5, 0.6) is 0 Å². The molecule has 18 heavy (non-hydrogen) atoms. The molecule has 0 aromatic heterocycles. The third-order valence-corrected chi connectivity index (χ3v) is 4.66. The van der Waals surface area contributed by atoms with Gasteiger partial charge in [0.15, 0.2) is 0 Å². The lowest BCUT2D eigenvalue weighted by atomic mass is 9.84. The zero-order valence-corrected chi connectivity index (χ0v) is 11.2. The Kier molecular flexibility index (Phi) is 2.98. The van der Waals surface area contributed by atoms with Crippen LogP contribution >= 0.6 is 0 Å². The number of Topliss-reactive ketones (excluding diaryl/α,β-unsaturated/α-hetero) is 1. The molecule has 2 fully saturated rings. The van der Waals surface area contributed by atoms with Crippen LogP contribution in [0.25, 0.3) is 0 Å². The van der Waals surface area contributed by atoms with Crippen molar-refractivity contribution in [1.82, 2.24) is 5.32 Å². The number of fused-ring (bicyclic) bond motifs is 2. The number of rotatable bonds is 3. The van der Waals surface area contributed by atoms with Crippen LogP contribution in [0.15, 0.2) is 18.2 Å². The summed E-state index contributed by atoms with van der Waals surface area (Å²) in [7, 11) is 0. The Labute approximate surface area is 109 Å². The van der Waals surface area contributed by atoms with Crippen molar-refractivity contribution in [2.24, 2.45) is 5.92 Å². The molecule has 3 rings (SSSR count). The van der Waals surface area contributed by atoms with E-state index in [9.17, 15) is 4.79 Å². The molecule has 2 aliphatic heterocycles. The first-order chi connectivity index (χ1) is 8.63. The molecule has 0 spiro atoms. The van der Waals surface area contributed by atoms with Crippen molar-refractivity contribution in [2.75, 3.05) is 0 Å². The van der Waals surface area contributed by atoms with Crippen molar-refractivity contribution in [2.45, 2.75) is 51.6 Å². The lowest BCUT2D eigenvalue weighted by Gasteiger charge is -2.18. The fraction of sp³-hybridized carbons (Fsp3) is 0.562. The van der Waals surface area contributed by atoms with Gasteiger partial charge in [0.2, 0.25) is 0 Å². The molecule has 1 aromatic carbocycles. The summed E-state index contributed by atoms with van der Waals surface area (Å²) in [5, 5.41) is 3.54. The summed E-state index contributed by atoms with van der Waals surface area (Å²) in [5.74, 6) is 0.698. The average molecular weight is 243 g/mol. The molecule has 0 amide bonds. The van der Waals surface area contributed by atoms with Gasteiger partial charge >= 0.3 is 0 Å². The molecular formula is C16H21NO. The van der Waals surface area contributed by atoms with Gasteiger partial charge in [-0.05, 0) is 49.8 Å². The monoisotopic (exact) mass is 243 g/mol. The maximum Gasteiger partial charge on any atom is 0.141 e. The van der Waals surface area contributed by atoms with E-state index in [2.05, 4.69) is 37.4 Å². The van der Waals surface area contributed by atoms with Gasteiger partial charge in [0, 0.05) is 24.4 Å². The van der Waals surface area contributed by atoms with E-state index in [-0.39, 0.29) is 5.92 Å². The normalized spacial score (nSPS) is 29.8. The molecule has 2 heteroatoms. The van der Waals surface area contributed by atoms with E-state index in [0.29, 0.717) is 24.3 Å². The van der Waals surface area contributed by atoms with Crippen molar-refractivity contribution >= 4 is 5.78 Å². The molecule has 3 unspecified atom stereocenters. The first kappa shape index (κ1) is 11.9. The Bertz CT molecular complexity index is 480. The van der Waals surface area contributed by atoms with Gasteiger partial charge in [-0.25, -0.2) is 0 Å². The topological polar surface area (TPSA) is 29.1 Å². The Balaban J connectivity index is 1.69.